The fraction of sp³-hybridized carbons (Fsp3) is 0.900. The molecule has 0 aliphatic carbocycles. The van der Waals surface area contributed by atoms with Crippen LogP contribution in [0.1, 0.15) is 33.1 Å². The first-order valence-corrected chi connectivity index (χ1v) is 7.65. The molecule has 1 rings (SSSR count). The normalized spacial score (nSPS) is 19.2. The zero-order valence-corrected chi connectivity index (χ0v) is 12.0. The predicted molar refractivity (Wildman–Crippen MR) is 72.9 cm³/mol. The molecule has 3 N–H and O–H groups in total. The van der Waals surface area contributed by atoms with Crippen LogP contribution in [0.5, 0.6) is 0 Å². The number of nitrogens with two attached hydrogens (primary N) is 1. The summed E-state index contributed by atoms with van der Waals surface area (Å²) in [6, 6.07) is 0. The predicted octanol–water partition coefficient (Wildman–Crippen LogP) is 0.619. The van der Waals surface area contributed by atoms with Crippen molar-refractivity contribution in [1.29, 1.82) is 0 Å². The second kappa shape index (κ2) is 5.60. The van der Waals surface area contributed by atoms with E-state index in [4.69, 9.17) is 18.0 Å². The van der Waals surface area contributed by atoms with Gasteiger partial charge >= 0.3 is 0 Å². The van der Waals surface area contributed by atoms with E-state index in [1.165, 1.54) is 4.31 Å². The molecule has 0 aromatic heterocycles. The Kier molecular flexibility index (Phi) is 4.88. The molecule has 0 radical (unpaired) electrons. The van der Waals surface area contributed by atoms with Crippen LogP contribution in [0.4, 0.5) is 0 Å². The molecule has 0 bridgehead atoms. The maximum atomic E-state index is 12.0. The minimum absolute atomic E-state index is 0.237. The van der Waals surface area contributed by atoms with Crippen molar-refractivity contribution in [2.24, 2.45) is 11.1 Å². The summed E-state index contributed by atoms with van der Waals surface area (Å²) in [4.78, 5) is 0.318. The van der Waals surface area contributed by atoms with E-state index < -0.39 is 15.6 Å². The highest BCUT2D eigenvalue weighted by Crippen LogP contribution is 2.16. The summed E-state index contributed by atoms with van der Waals surface area (Å²) < 4.78 is 28.0. The van der Waals surface area contributed by atoms with E-state index in [2.05, 4.69) is 4.72 Å². The third kappa shape index (κ3) is 4.17. The molecule has 0 aromatic carbocycles. The van der Waals surface area contributed by atoms with Gasteiger partial charge < -0.3 is 5.73 Å². The van der Waals surface area contributed by atoms with Crippen molar-refractivity contribution in [2.45, 2.75) is 33.1 Å². The summed E-state index contributed by atoms with van der Waals surface area (Å²) in [5.41, 5.74) is 5.06. The number of nitrogens with one attached hydrogen (secondary N) is 1. The lowest BCUT2D eigenvalue weighted by Gasteiger charge is -2.29. The quantitative estimate of drug-likeness (QED) is 0.723. The van der Waals surface area contributed by atoms with Gasteiger partial charge in [-0.05, 0) is 12.8 Å². The van der Waals surface area contributed by atoms with Gasteiger partial charge in [0.2, 0.25) is 0 Å². The summed E-state index contributed by atoms with van der Waals surface area (Å²) >= 11 is 4.91. The van der Waals surface area contributed by atoms with Gasteiger partial charge in [0.1, 0.15) is 0 Å². The largest absolute Gasteiger partial charge is 0.393 e. The average molecular weight is 279 g/mol. The van der Waals surface area contributed by atoms with Crippen LogP contribution in [0.3, 0.4) is 0 Å². The van der Waals surface area contributed by atoms with E-state index in [0.717, 1.165) is 19.3 Å². The van der Waals surface area contributed by atoms with Gasteiger partial charge in [0.25, 0.3) is 10.2 Å². The third-order valence-corrected chi connectivity index (χ3v) is 5.13. The van der Waals surface area contributed by atoms with E-state index in [0.29, 0.717) is 18.1 Å². The van der Waals surface area contributed by atoms with Crippen LogP contribution in [0.15, 0.2) is 0 Å². The van der Waals surface area contributed by atoms with Crippen molar-refractivity contribution in [3.63, 3.8) is 0 Å². The first-order valence-electron chi connectivity index (χ1n) is 5.80. The fourth-order valence-corrected chi connectivity index (χ4v) is 3.09. The molecule has 0 unspecified atom stereocenters. The van der Waals surface area contributed by atoms with Crippen molar-refractivity contribution < 1.29 is 8.42 Å². The molecule has 0 aromatic rings. The Balaban J connectivity index is 2.58. The lowest BCUT2D eigenvalue weighted by atomic mass is 9.94. The Morgan fingerprint density at radius 3 is 2.35 bits per heavy atom. The molecular formula is C10H21N3O2S2. The molecule has 0 spiro atoms. The van der Waals surface area contributed by atoms with Crippen molar-refractivity contribution in [1.82, 2.24) is 9.03 Å². The molecule has 1 aliphatic heterocycles. The van der Waals surface area contributed by atoms with Crippen LogP contribution < -0.4 is 10.5 Å². The Morgan fingerprint density at radius 2 is 1.88 bits per heavy atom. The van der Waals surface area contributed by atoms with Gasteiger partial charge in [-0.3, -0.25) is 0 Å². The number of hydrogen-bond acceptors (Lipinski definition) is 3. The summed E-state index contributed by atoms with van der Waals surface area (Å²) in [7, 11) is -3.38. The van der Waals surface area contributed by atoms with Gasteiger partial charge in [0.05, 0.1) is 4.99 Å². The zero-order valence-electron chi connectivity index (χ0n) is 10.4. The van der Waals surface area contributed by atoms with Crippen LogP contribution in [0.2, 0.25) is 0 Å². The first-order chi connectivity index (χ1) is 7.76. The number of nitrogens with zero attached hydrogens (tertiary/aromatic N) is 1. The van der Waals surface area contributed by atoms with Crippen LogP contribution in [-0.2, 0) is 10.2 Å². The van der Waals surface area contributed by atoms with Gasteiger partial charge in [-0.25, -0.2) is 4.72 Å². The highest BCUT2D eigenvalue weighted by Gasteiger charge is 2.28. The van der Waals surface area contributed by atoms with Gasteiger partial charge in [0, 0.05) is 25.0 Å². The maximum absolute atomic E-state index is 12.0. The van der Waals surface area contributed by atoms with Crippen LogP contribution >= 0.6 is 12.2 Å². The van der Waals surface area contributed by atoms with Crippen LogP contribution in [-0.4, -0.2) is 37.3 Å². The van der Waals surface area contributed by atoms with Crippen molar-refractivity contribution in [2.75, 3.05) is 19.6 Å². The lowest BCUT2D eigenvalue weighted by Crippen LogP contribution is -2.48. The van der Waals surface area contributed by atoms with Gasteiger partial charge in [0.15, 0.2) is 0 Å². The van der Waals surface area contributed by atoms with E-state index in [1.54, 1.807) is 0 Å². The van der Waals surface area contributed by atoms with E-state index in [1.807, 2.05) is 13.8 Å². The summed E-state index contributed by atoms with van der Waals surface area (Å²) in [6.07, 6.45) is 2.96. The molecule has 1 aliphatic rings. The molecule has 1 heterocycles. The summed E-state index contributed by atoms with van der Waals surface area (Å²) in [5, 5.41) is 0. The summed E-state index contributed by atoms with van der Waals surface area (Å²) in [5.74, 6) is 0. The van der Waals surface area contributed by atoms with Gasteiger partial charge in [-0.2, -0.15) is 12.7 Å². The molecule has 100 valence electrons. The topological polar surface area (TPSA) is 75.4 Å². The number of rotatable bonds is 5. The van der Waals surface area contributed by atoms with Gasteiger partial charge in [-0.15, -0.1) is 0 Å². The minimum Gasteiger partial charge on any atom is -0.393 e. The summed E-state index contributed by atoms with van der Waals surface area (Å²) in [6.45, 7) is 5.09. The fourth-order valence-electron chi connectivity index (χ4n) is 1.56. The molecule has 1 saturated heterocycles. The monoisotopic (exact) mass is 279 g/mol. The molecule has 17 heavy (non-hydrogen) atoms. The van der Waals surface area contributed by atoms with Gasteiger partial charge in [-0.1, -0.05) is 32.5 Å². The number of hydrogen-bond donors (Lipinski definition) is 2. The molecule has 7 heteroatoms. The first kappa shape index (κ1) is 14.8. The highest BCUT2D eigenvalue weighted by atomic mass is 32.2. The molecule has 0 atom stereocenters. The lowest BCUT2D eigenvalue weighted by molar-refractivity contribution is 0.338. The van der Waals surface area contributed by atoms with E-state index in [-0.39, 0.29) is 6.54 Å². The molecule has 5 nitrogen and oxygen atoms in total. The van der Waals surface area contributed by atoms with Crippen molar-refractivity contribution >= 4 is 27.4 Å². The SMILES string of the molecule is CC(C)(CNS(=O)(=O)N1CCCCC1)C(N)=S. The van der Waals surface area contributed by atoms with Crippen molar-refractivity contribution in [3.05, 3.63) is 0 Å². The number of piperidine rings is 1. The standard InChI is InChI=1S/C10H21N3O2S2/c1-10(2,9(11)16)8-12-17(14,15)13-6-4-3-5-7-13/h12H,3-8H2,1-2H3,(H2,11,16). The number of thiocarbonyl (C=S) groups is 1. The third-order valence-electron chi connectivity index (χ3n) is 3.02. The van der Waals surface area contributed by atoms with E-state index >= 15 is 0 Å². The Bertz CT molecular complexity index is 373. The van der Waals surface area contributed by atoms with E-state index in [9.17, 15) is 8.42 Å². The zero-order chi connectivity index (χ0) is 13.1. The Labute approximate surface area is 109 Å². The molecule has 0 saturated carbocycles. The van der Waals surface area contributed by atoms with Crippen LogP contribution in [0.25, 0.3) is 0 Å². The highest BCUT2D eigenvalue weighted by molar-refractivity contribution is 7.87. The smallest absolute Gasteiger partial charge is 0.279 e. The maximum Gasteiger partial charge on any atom is 0.279 e. The second-order valence-corrected chi connectivity index (χ2v) is 7.23. The molecular weight excluding hydrogens is 258 g/mol. The van der Waals surface area contributed by atoms with Crippen molar-refractivity contribution in [3.8, 4) is 0 Å². The Morgan fingerprint density at radius 1 is 1.35 bits per heavy atom. The Hall–Kier alpha value is -0.240. The average Bonchev–Trinajstić information content (AvgIpc) is 2.28. The second-order valence-electron chi connectivity index (χ2n) is 5.03. The molecule has 0 amide bonds. The minimum atomic E-state index is -3.38. The van der Waals surface area contributed by atoms with Crippen LogP contribution in [0, 0.1) is 5.41 Å². The molecule has 1 fully saturated rings.